The molecule has 0 aromatic carbocycles. The second-order valence-electron chi connectivity index (χ2n) is 3.61. The average molecular weight is 218 g/mol. The third-order valence-electron chi connectivity index (χ3n) is 2.43. The van der Waals surface area contributed by atoms with Crippen LogP contribution in [0, 0.1) is 0 Å². The van der Waals surface area contributed by atoms with Gasteiger partial charge in [0, 0.05) is 18.2 Å². The van der Waals surface area contributed by atoms with Crippen molar-refractivity contribution in [1.29, 1.82) is 0 Å². The van der Waals surface area contributed by atoms with E-state index in [9.17, 15) is 9.59 Å². The number of nitrogens with zero attached hydrogens (tertiary/aromatic N) is 1. The van der Waals surface area contributed by atoms with Gasteiger partial charge in [0.25, 0.3) is 0 Å². The summed E-state index contributed by atoms with van der Waals surface area (Å²) in [4.78, 5) is 25.9. The second kappa shape index (κ2) is 3.86. The van der Waals surface area contributed by atoms with Crippen LogP contribution in [-0.4, -0.2) is 28.6 Å². The van der Waals surface area contributed by atoms with Crippen molar-refractivity contribution in [3.63, 3.8) is 0 Å². The zero-order valence-electron chi connectivity index (χ0n) is 8.38. The molecule has 1 aliphatic carbocycles. The predicted molar refractivity (Wildman–Crippen MR) is 58.0 cm³/mol. The van der Waals surface area contributed by atoms with E-state index >= 15 is 0 Å². The van der Waals surface area contributed by atoms with Crippen molar-refractivity contribution in [2.45, 2.75) is 12.5 Å². The van der Waals surface area contributed by atoms with Crippen molar-refractivity contribution >= 4 is 17.5 Å². The topological polar surface area (TPSA) is 92.8 Å². The van der Waals surface area contributed by atoms with Crippen LogP contribution in [0.4, 0.5) is 0 Å². The zero-order valence-corrected chi connectivity index (χ0v) is 8.38. The Bertz CT molecular complexity index is 483. The van der Waals surface area contributed by atoms with Gasteiger partial charge in [0.1, 0.15) is 6.04 Å². The lowest BCUT2D eigenvalue weighted by atomic mass is 9.94. The van der Waals surface area contributed by atoms with Gasteiger partial charge in [-0.25, -0.2) is 0 Å². The molecule has 1 atom stereocenters. The number of nitrogens with two attached hydrogens (primary N) is 1. The normalized spacial score (nSPS) is 19.8. The van der Waals surface area contributed by atoms with Gasteiger partial charge >= 0.3 is 5.97 Å². The van der Waals surface area contributed by atoms with E-state index in [-0.39, 0.29) is 12.2 Å². The Morgan fingerprint density at radius 1 is 1.50 bits per heavy atom. The molecule has 5 heteroatoms. The average Bonchev–Trinajstić information content (AvgIpc) is 2.61. The van der Waals surface area contributed by atoms with E-state index in [0.29, 0.717) is 16.9 Å². The molecule has 0 bridgehead atoms. The molecular weight excluding hydrogens is 208 g/mol. The van der Waals surface area contributed by atoms with Crippen LogP contribution < -0.4 is 5.73 Å². The van der Waals surface area contributed by atoms with Crippen molar-refractivity contribution in [2.75, 3.05) is 0 Å². The summed E-state index contributed by atoms with van der Waals surface area (Å²) < 4.78 is 0. The number of carbonyl (C=O) groups excluding carboxylic acids is 1. The van der Waals surface area contributed by atoms with E-state index in [4.69, 9.17) is 10.8 Å². The monoisotopic (exact) mass is 218 g/mol. The molecule has 0 fully saturated rings. The summed E-state index contributed by atoms with van der Waals surface area (Å²) in [5.74, 6) is -1.18. The van der Waals surface area contributed by atoms with Gasteiger partial charge in [-0.05, 0) is 23.8 Å². The molecule has 2 rings (SSSR count). The molecule has 16 heavy (non-hydrogen) atoms. The SMILES string of the molecule is N[C@@H](CC1=CN=C2C=CC(=O)C=C12)C(=O)O. The van der Waals surface area contributed by atoms with Gasteiger partial charge in [-0.1, -0.05) is 0 Å². The number of hydrogen-bond acceptors (Lipinski definition) is 4. The third-order valence-corrected chi connectivity index (χ3v) is 2.43. The van der Waals surface area contributed by atoms with Crippen LogP contribution in [-0.2, 0) is 9.59 Å². The summed E-state index contributed by atoms with van der Waals surface area (Å²) in [6.07, 6.45) is 6.23. The molecule has 1 aliphatic heterocycles. The summed E-state index contributed by atoms with van der Waals surface area (Å²) in [5.41, 5.74) is 7.50. The fraction of sp³-hybridized carbons (Fsp3) is 0.182. The number of carboxylic acid groups (broad SMARTS) is 1. The number of allylic oxidation sites excluding steroid dienone is 4. The lowest BCUT2D eigenvalue weighted by Gasteiger charge is -2.11. The molecule has 5 nitrogen and oxygen atoms in total. The fourth-order valence-corrected chi connectivity index (χ4v) is 1.59. The highest BCUT2D eigenvalue weighted by atomic mass is 16.4. The fourth-order valence-electron chi connectivity index (χ4n) is 1.59. The first-order valence-corrected chi connectivity index (χ1v) is 4.77. The number of aliphatic imine (C=N–C) groups is 1. The largest absolute Gasteiger partial charge is 0.480 e. The first-order chi connectivity index (χ1) is 7.58. The molecule has 0 amide bonds. The van der Waals surface area contributed by atoms with Crippen LogP contribution in [0.15, 0.2) is 40.6 Å². The summed E-state index contributed by atoms with van der Waals surface area (Å²) in [6, 6.07) is -0.970. The smallest absolute Gasteiger partial charge is 0.320 e. The van der Waals surface area contributed by atoms with E-state index in [1.54, 1.807) is 12.3 Å². The zero-order chi connectivity index (χ0) is 11.7. The molecule has 1 heterocycles. The summed E-state index contributed by atoms with van der Waals surface area (Å²) >= 11 is 0. The van der Waals surface area contributed by atoms with Gasteiger partial charge in [-0.2, -0.15) is 0 Å². The van der Waals surface area contributed by atoms with Gasteiger partial charge in [-0.3, -0.25) is 14.6 Å². The predicted octanol–water partition coefficient (Wildman–Crippen LogP) is 0.192. The maximum absolute atomic E-state index is 11.2. The Kier molecular flexibility index (Phi) is 2.54. The Morgan fingerprint density at radius 2 is 2.25 bits per heavy atom. The minimum Gasteiger partial charge on any atom is -0.480 e. The molecule has 0 saturated carbocycles. The Labute approximate surface area is 91.7 Å². The van der Waals surface area contributed by atoms with E-state index in [2.05, 4.69) is 4.99 Å². The van der Waals surface area contributed by atoms with Crippen LogP contribution >= 0.6 is 0 Å². The number of fused-ring (bicyclic) bond motifs is 1. The van der Waals surface area contributed by atoms with Crippen molar-refractivity contribution in [1.82, 2.24) is 0 Å². The highest BCUT2D eigenvalue weighted by Gasteiger charge is 2.23. The molecule has 0 saturated heterocycles. The molecule has 0 aromatic heterocycles. The minimum atomic E-state index is -1.06. The van der Waals surface area contributed by atoms with Gasteiger partial charge in [0.2, 0.25) is 0 Å². The Hall–Kier alpha value is -2.01. The molecule has 2 aliphatic rings. The van der Waals surface area contributed by atoms with Crippen LogP contribution in [0.3, 0.4) is 0 Å². The second-order valence-corrected chi connectivity index (χ2v) is 3.61. The van der Waals surface area contributed by atoms with E-state index in [0.717, 1.165) is 0 Å². The number of rotatable bonds is 3. The van der Waals surface area contributed by atoms with E-state index in [1.807, 2.05) is 0 Å². The standard InChI is InChI=1S/C11H10N2O3/c12-9(11(15)16)3-6-5-13-10-2-1-7(14)4-8(6)10/h1-2,4-5,9H,3,12H2,(H,15,16)/t9-/m0/s1. The van der Waals surface area contributed by atoms with E-state index in [1.165, 1.54) is 12.2 Å². The van der Waals surface area contributed by atoms with Crippen LogP contribution in [0.5, 0.6) is 0 Å². The van der Waals surface area contributed by atoms with Crippen molar-refractivity contribution in [3.8, 4) is 0 Å². The minimum absolute atomic E-state index is 0.120. The van der Waals surface area contributed by atoms with Gasteiger partial charge < -0.3 is 10.8 Å². The Balaban J connectivity index is 2.16. The maximum atomic E-state index is 11.2. The van der Waals surface area contributed by atoms with Crippen molar-refractivity contribution in [2.24, 2.45) is 10.7 Å². The summed E-state index contributed by atoms with van der Waals surface area (Å²) in [7, 11) is 0. The molecule has 0 spiro atoms. The number of hydrogen-bond donors (Lipinski definition) is 2. The quantitative estimate of drug-likeness (QED) is 0.661. The molecule has 82 valence electrons. The van der Waals surface area contributed by atoms with Crippen molar-refractivity contribution < 1.29 is 14.7 Å². The Morgan fingerprint density at radius 3 is 2.94 bits per heavy atom. The molecule has 0 aromatic rings. The van der Waals surface area contributed by atoms with Crippen LogP contribution in [0.25, 0.3) is 0 Å². The van der Waals surface area contributed by atoms with Gasteiger partial charge in [-0.15, -0.1) is 0 Å². The summed E-state index contributed by atoms with van der Waals surface area (Å²) in [6.45, 7) is 0. The molecule has 0 unspecified atom stereocenters. The number of ketones is 1. The van der Waals surface area contributed by atoms with Crippen LogP contribution in [0.1, 0.15) is 6.42 Å². The van der Waals surface area contributed by atoms with Crippen LogP contribution in [0.2, 0.25) is 0 Å². The first kappa shape index (κ1) is 10.5. The number of carbonyl (C=O) groups is 2. The highest BCUT2D eigenvalue weighted by Crippen LogP contribution is 2.25. The van der Waals surface area contributed by atoms with Crippen molar-refractivity contribution in [3.05, 3.63) is 35.6 Å². The maximum Gasteiger partial charge on any atom is 0.320 e. The number of carboxylic acids is 1. The first-order valence-electron chi connectivity index (χ1n) is 4.77. The lowest BCUT2D eigenvalue weighted by molar-refractivity contribution is -0.138. The molecular formula is C11H10N2O3. The van der Waals surface area contributed by atoms with E-state index < -0.39 is 12.0 Å². The summed E-state index contributed by atoms with van der Waals surface area (Å²) in [5, 5.41) is 8.70. The number of aliphatic carboxylic acids is 1. The molecule has 3 N–H and O–H groups in total. The van der Waals surface area contributed by atoms with Gasteiger partial charge in [0.15, 0.2) is 5.78 Å². The lowest BCUT2D eigenvalue weighted by Crippen LogP contribution is -2.30. The third kappa shape index (κ3) is 1.85. The highest BCUT2D eigenvalue weighted by molar-refractivity contribution is 6.23. The molecule has 0 radical (unpaired) electrons. The van der Waals surface area contributed by atoms with Gasteiger partial charge in [0.05, 0.1) is 5.71 Å².